The average molecular weight is 568 g/mol. The number of aryl methyl sites for hydroxylation is 1. The summed E-state index contributed by atoms with van der Waals surface area (Å²) in [5, 5.41) is 3.44. The maximum atomic E-state index is 14.3. The van der Waals surface area contributed by atoms with Gasteiger partial charge in [0.2, 0.25) is 10.0 Å². The van der Waals surface area contributed by atoms with Crippen molar-refractivity contribution in [3.05, 3.63) is 91.6 Å². The lowest BCUT2D eigenvalue weighted by atomic mass is 9.98. The average Bonchev–Trinajstić information content (AvgIpc) is 2.85. The molecule has 0 aliphatic rings. The number of aromatic nitrogens is 1. The van der Waals surface area contributed by atoms with E-state index in [1.165, 1.54) is 24.3 Å². The summed E-state index contributed by atoms with van der Waals surface area (Å²) >= 11 is 5.97. The van der Waals surface area contributed by atoms with Crippen molar-refractivity contribution in [3.63, 3.8) is 0 Å². The number of nitrogens with one attached hydrogen (secondary N) is 2. The highest BCUT2D eigenvalue weighted by molar-refractivity contribution is 7.89. The first kappa shape index (κ1) is 27.8. The molecular formula is C28H23ClFN3O5S. The second-order valence-electron chi connectivity index (χ2n) is 9.09. The topological polar surface area (TPSA) is 118 Å². The Hall–Kier alpha value is -4.20. The molecule has 0 unspecified atom stereocenters. The van der Waals surface area contributed by atoms with Crippen molar-refractivity contribution in [1.29, 1.82) is 0 Å². The lowest BCUT2D eigenvalue weighted by molar-refractivity contribution is 0.0977. The summed E-state index contributed by atoms with van der Waals surface area (Å²) in [7, 11) is -3.86. The third kappa shape index (κ3) is 5.95. The Morgan fingerprint density at radius 1 is 1.18 bits per heavy atom. The first-order valence-electron chi connectivity index (χ1n) is 11.6. The van der Waals surface area contributed by atoms with Gasteiger partial charge in [0, 0.05) is 22.3 Å². The lowest BCUT2D eigenvalue weighted by Crippen LogP contribution is -2.31. The van der Waals surface area contributed by atoms with Crippen LogP contribution in [0.15, 0.2) is 51.7 Å². The molecule has 2 aromatic carbocycles. The van der Waals surface area contributed by atoms with Crippen molar-refractivity contribution in [2.24, 2.45) is 0 Å². The Balaban J connectivity index is 1.87. The molecule has 11 heteroatoms. The van der Waals surface area contributed by atoms with E-state index in [1.54, 1.807) is 32.0 Å². The van der Waals surface area contributed by atoms with E-state index in [2.05, 4.69) is 16.2 Å². The van der Waals surface area contributed by atoms with Crippen LogP contribution in [0.25, 0.3) is 22.3 Å². The molecule has 0 saturated heterocycles. The van der Waals surface area contributed by atoms with Gasteiger partial charge in [-0.3, -0.25) is 9.59 Å². The van der Waals surface area contributed by atoms with Crippen LogP contribution in [0.2, 0.25) is 5.15 Å². The molecule has 4 rings (SSSR count). The number of fused-ring (bicyclic) bond motifs is 1. The zero-order valence-corrected chi connectivity index (χ0v) is 22.9. The minimum atomic E-state index is -3.86. The minimum absolute atomic E-state index is 0.0135. The van der Waals surface area contributed by atoms with Crippen molar-refractivity contribution in [2.45, 2.75) is 26.8 Å². The molecule has 0 aliphatic heterocycles. The molecule has 8 nitrogen and oxygen atoms in total. The number of pyridine rings is 1. The highest BCUT2D eigenvalue weighted by Crippen LogP contribution is 2.33. The number of hydrogen-bond donors (Lipinski definition) is 2. The SMILES string of the molecule is C#Cc1cc(F)cc(-c2oc3c([C@@H](C)Nc4ccc(Cl)nc4C(=O)NS(C)(=O)=O)cc(C)cc3c(=O)c2C)c1. The van der Waals surface area contributed by atoms with Gasteiger partial charge in [-0.15, -0.1) is 6.42 Å². The van der Waals surface area contributed by atoms with E-state index in [1.807, 2.05) is 11.6 Å². The molecule has 0 radical (unpaired) electrons. The highest BCUT2D eigenvalue weighted by Gasteiger charge is 2.22. The number of hydrogen-bond acceptors (Lipinski definition) is 7. The lowest BCUT2D eigenvalue weighted by Gasteiger charge is -2.20. The van der Waals surface area contributed by atoms with Crippen LogP contribution in [0, 0.1) is 32.0 Å². The minimum Gasteiger partial charge on any atom is -0.455 e. The maximum Gasteiger partial charge on any atom is 0.285 e. The number of sulfonamides is 1. The summed E-state index contributed by atoms with van der Waals surface area (Å²) in [4.78, 5) is 30.0. The smallest absolute Gasteiger partial charge is 0.285 e. The van der Waals surface area contributed by atoms with E-state index in [0.29, 0.717) is 22.1 Å². The van der Waals surface area contributed by atoms with Crippen molar-refractivity contribution in [1.82, 2.24) is 9.71 Å². The third-order valence-corrected chi connectivity index (χ3v) is 6.68. The number of rotatable bonds is 6. The predicted octanol–water partition coefficient (Wildman–Crippen LogP) is 5.11. The van der Waals surface area contributed by atoms with Gasteiger partial charge in [-0.05, 0) is 62.7 Å². The number of halogens is 2. The number of amides is 1. The first-order chi connectivity index (χ1) is 18.3. The fourth-order valence-corrected chi connectivity index (χ4v) is 4.80. The zero-order valence-electron chi connectivity index (χ0n) is 21.3. The van der Waals surface area contributed by atoms with Gasteiger partial charge < -0.3 is 9.73 Å². The zero-order chi connectivity index (χ0) is 28.6. The van der Waals surface area contributed by atoms with E-state index in [9.17, 15) is 22.4 Å². The molecule has 2 N–H and O–H groups in total. The number of benzene rings is 2. The van der Waals surface area contributed by atoms with Gasteiger partial charge >= 0.3 is 0 Å². The van der Waals surface area contributed by atoms with Crippen molar-refractivity contribution >= 4 is 44.2 Å². The van der Waals surface area contributed by atoms with Crippen LogP contribution in [-0.4, -0.2) is 25.6 Å². The van der Waals surface area contributed by atoms with Crippen LogP contribution < -0.4 is 15.5 Å². The van der Waals surface area contributed by atoms with E-state index >= 15 is 0 Å². The van der Waals surface area contributed by atoms with Gasteiger partial charge in [0.05, 0.1) is 23.4 Å². The van der Waals surface area contributed by atoms with Gasteiger partial charge in [-0.1, -0.05) is 23.6 Å². The Morgan fingerprint density at radius 2 is 1.90 bits per heavy atom. The van der Waals surface area contributed by atoms with Crippen molar-refractivity contribution in [2.75, 3.05) is 11.6 Å². The molecule has 2 aromatic heterocycles. The molecule has 200 valence electrons. The Labute approximate surface area is 229 Å². The van der Waals surface area contributed by atoms with Crippen molar-refractivity contribution in [3.8, 4) is 23.7 Å². The van der Waals surface area contributed by atoms with E-state index in [4.69, 9.17) is 22.4 Å². The van der Waals surface area contributed by atoms with E-state index in [-0.39, 0.29) is 38.9 Å². The molecule has 2 heterocycles. The summed E-state index contributed by atoms with van der Waals surface area (Å²) < 4.78 is 45.6. The van der Waals surface area contributed by atoms with Crippen LogP contribution in [0.3, 0.4) is 0 Å². The van der Waals surface area contributed by atoms with Gasteiger partial charge in [0.25, 0.3) is 5.91 Å². The molecule has 0 aliphatic carbocycles. The van der Waals surface area contributed by atoms with Gasteiger partial charge in [-0.25, -0.2) is 22.5 Å². The van der Waals surface area contributed by atoms with Gasteiger partial charge in [0.15, 0.2) is 11.1 Å². The number of terminal acetylenes is 1. The van der Waals surface area contributed by atoms with Crippen LogP contribution >= 0.6 is 11.6 Å². The predicted molar refractivity (Wildman–Crippen MR) is 149 cm³/mol. The Bertz CT molecular complexity index is 1860. The second kappa shape index (κ2) is 10.5. The number of carbonyl (C=O) groups excluding carboxylic acids is 1. The normalized spacial score (nSPS) is 12.1. The molecule has 39 heavy (non-hydrogen) atoms. The van der Waals surface area contributed by atoms with Gasteiger partial charge in [-0.2, -0.15) is 0 Å². The fourth-order valence-electron chi connectivity index (χ4n) is 4.22. The van der Waals surface area contributed by atoms with Crippen molar-refractivity contribution < 1.29 is 22.0 Å². The third-order valence-electron chi connectivity index (χ3n) is 5.91. The quantitative estimate of drug-likeness (QED) is 0.245. The summed E-state index contributed by atoms with van der Waals surface area (Å²) in [5.74, 6) is 1.02. The standard InChI is InChI=1S/C28H23ClFN3O5S/c1-6-17-11-18(13-19(30)12-17)26-15(3)25(34)21-10-14(2)9-20(27(21)38-26)16(4)31-22-7-8-23(29)32-24(22)28(35)33-39(5,36)37/h1,7-13,16,31H,2-5H3,(H,33,35)/t16-/m1/s1. The summed E-state index contributed by atoms with van der Waals surface area (Å²) in [6, 6.07) is 9.85. The Morgan fingerprint density at radius 3 is 2.56 bits per heavy atom. The largest absolute Gasteiger partial charge is 0.455 e. The molecule has 0 fully saturated rings. The Kier molecular flexibility index (Phi) is 7.50. The number of carbonyl (C=O) groups is 1. The molecule has 4 aromatic rings. The molecule has 0 bridgehead atoms. The van der Waals surface area contributed by atoms with E-state index in [0.717, 1.165) is 11.8 Å². The fraction of sp³-hybridized carbons (Fsp3) is 0.179. The highest BCUT2D eigenvalue weighted by atomic mass is 35.5. The van der Waals surface area contributed by atoms with Crippen LogP contribution in [0.5, 0.6) is 0 Å². The second-order valence-corrected chi connectivity index (χ2v) is 11.2. The van der Waals surface area contributed by atoms with E-state index < -0.39 is 27.8 Å². The van der Waals surface area contributed by atoms with Crippen LogP contribution in [-0.2, 0) is 10.0 Å². The molecule has 1 amide bonds. The molecule has 0 spiro atoms. The van der Waals surface area contributed by atoms with Crippen LogP contribution in [0.1, 0.15) is 45.7 Å². The molecule has 0 saturated carbocycles. The molecule has 1 atom stereocenters. The number of anilines is 1. The first-order valence-corrected chi connectivity index (χ1v) is 13.8. The monoisotopic (exact) mass is 567 g/mol. The summed E-state index contributed by atoms with van der Waals surface area (Å²) in [6.45, 7) is 5.18. The maximum absolute atomic E-state index is 14.3. The van der Waals surface area contributed by atoms with Gasteiger partial charge in [0.1, 0.15) is 22.3 Å². The number of nitrogens with zero attached hydrogens (tertiary/aromatic N) is 1. The summed E-state index contributed by atoms with van der Waals surface area (Å²) in [6.07, 6.45) is 6.31. The summed E-state index contributed by atoms with van der Waals surface area (Å²) in [5.41, 5.74) is 2.14. The molecular weight excluding hydrogens is 545 g/mol. The van der Waals surface area contributed by atoms with Crippen LogP contribution in [0.4, 0.5) is 10.1 Å².